The minimum Gasteiger partial charge on any atom is -0.444 e. The highest BCUT2D eigenvalue weighted by atomic mass is 32.2. The molecule has 0 bridgehead atoms. The number of rotatable bonds is 5. The Morgan fingerprint density at radius 2 is 1.73 bits per heavy atom. The normalized spacial score (nSPS) is 22.7. The van der Waals surface area contributed by atoms with Gasteiger partial charge >= 0.3 is 6.09 Å². The van der Waals surface area contributed by atoms with Gasteiger partial charge in [0.25, 0.3) is 0 Å². The van der Waals surface area contributed by atoms with Crippen LogP contribution in [0.4, 0.5) is 4.79 Å². The standard InChI is InChI=1S/C20H40N4O5S/c1-14-15(24(20(8,9)28-14)17(25)29-18(2,3)4)13-23-16(21-10)22-11-12-30(26,27)19(5,6)7/h14-15H,11-13H2,1-10H3,(H2,21,22,23). The van der Waals surface area contributed by atoms with Gasteiger partial charge in [-0.3, -0.25) is 9.89 Å². The summed E-state index contributed by atoms with van der Waals surface area (Å²) in [4.78, 5) is 18.6. The molecule has 1 heterocycles. The fourth-order valence-corrected chi connectivity index (χ4v) is 4.14. The van der Waals surface area contributed by atoms with Gasteiger partial charge in [-0.25, -0.2) is 13.2 Å². The highest BCUT2D eigenvalue weighted by molar-refractivity contribution is 7.92. The first kappa shape index (κ1) is 26.5. The van der Waals surface area contributed by atoms with Crippen molar-refractivity contribution in [3.63, 3.8) is 0 Å². The Hall–Kier alpha value is -1.55. The van der Waals surface area contributed by atoms with Crippen LogP contribution in [-0.2, 0) is 19.3 Å². The average molecular weight is 449 g/mol. The molecule has 1 rings (SSSR count). The van der Waals surface area contributed by atoms with Gasteiger partial charge in [-0.2, -0.15) is 0 Å². The van der Waals surface area contributed by atoms with E-state index < -0.39 is 32.0 Å². The molecule has 1 fully saturated rings. The molecule has 0 saturated carbocycles. The summed E-state index contributed by atoms with van der Waals surface area (Å²) in [6.45, 7) is 16.7. The molecular weight excluding hydrogens is 408 g/mol. The van der Waals surface area contributed by atoms with Crippen LogP contribution >= 0.6 is 0 Å². The van der Waals surface area contributed by atoms with Crippen molar-refractivity contribution in [1.29, 1.82) is 0 Å². The first-order valence-electron chi connectivity index (χ1n) is 10.3. The van der Waals surface area contributed by atoms with E-state index >= 15 is 0 Å². The number of amides is 1. The number of carbonyl (C=O) groups is 1. The summed E-state index contributed by atoms with van der Waals surface area (Å²) < 4.78 is 35.3. The molecule has 0 aromatic heterocycles. The number of sulfone groups is 1. The van der Waals surface area contributed by atoms with E-state index in [-0.39, 0.29) is 24.4 Å². The highest BCUT2D eigenvalue weighted by Gasteiger charge is 2.49. The van der Waals surface area contributed by atoms with E-state index in [2.05, 4.69) is 15.6 Å². The average Bonchev–Trinajstić information content (AvgIpc) is 2.76. The van der Waals surface area contributed by atoms with E-state index in [1.807, 2.05) is 41.5 Å². The third-order valence-corrected chi connectivity index (χ3v) is 7.42. The van der Waals surface area contributed by atoms with Crippen molar-refractivity contribution in [1.82, 2.24) is 15.5 Å². The number of ether oxygens (including phenoxy) is 2. The summed E-state index contributed by atoms with van der Waals surface area (Å²) in [5, 5.41) is 6.19. The SMILES string of the molecule is CN=C(NCCS(=O)(=O)C(C)(C)C)NCC1C(C)OC(C)(C)N1C(=O)OC(C)(C)C. The van der Waals surface area contributed by atoms with E-state index in [9.17, 15) is 13.2 Å². The summed E-state index contributed by atoms with van der Waals surface area (Å²) in [7, 11) is -1.62. The fraction of sp³-hybridized carbons (Fsp3) is 0.900. The van der Waals surface area contributed by atoms with Crippen molar-refractivity contribution in [3.05, 3.63) is 0 Å². The lowest BCUT2D eigenvalue weighted by Crippen LogP contribution is -2.54. The minimum absolute atomic E-state index is 0.00277. The van der Waals surface area contributed by atoms with Gasteiger partial charge in [0.2, 0.25) is 0 Å². The molecule has 2 unspecified atom stereocenters. The first-order valence-corrected chi connectivity index (χ1v) is 11.9. The highest BCUT2D eigenvalue weighted by Crippen LogP contribution is 2.33. The smallest absolute Gasteiger partial charge is 0.412 e. The quantitative estimate of drug-likeness (QED) is 0.490. The molecule has 0 spiro atoms. The minimum atomic E-state index is -3.23. The lowest BCUT2D eigenvalue weighted by Gasteiger charge is -2.35. The van der Waals surface area contributed by atoms with Crippen molar-refractivity contribution in [3.8, 4) is 0 Å². The maximum absolute atomic E-state index is 12.8. The summed E-state index contributed by atoms with van der Waals surface area (Å²) in [5.74, 6) is 0.456. The van der Waals surface area contributed by atoms with E-state index in [1.54, 1.807) is 32.7 Å². The Balaban J connectivity index is 2.77. The molecule has 1 aliphatic heterocycles. The molecule has 1 saturated heterocycles. The van der Waals surface area contributed by atoms with Crippen LogP contribution in [0.25, 0.3) is 0 Å². The van der Waals surface area contributed by atoms with Crippen LogP contribution in [0.5, 0.6) is 0 Å². The number of carbonyl (C=O) groups excluding carboxylic acids is 1. The molecule has 0 aromatic carbocycles. The molecule has 0 radical (unpaired) electrons. The number of hydrogen-bond donors (Lipinski definition) is 2. The van der Waals surface area contributed by atoms with Crippen LogP contribution < -0.4 is 10.6 Å². The Morgan fingerprint density at radius 3 is 2.20 bits per heavy atom. The molecule has 9 nitrogen and oxygen atoms in total. The molecule has 1 aliphatic rings. The molecule has 0 aliphatic carbocycles. The van der Waals surface area contributed by atoms with Gasteiger partial charge in [0.05, 0.1) is 22.6 Å². The zero-order valence-electron chi connectivity index (χ0n) is 20.1. The number of nitrogens with one attached hydrogen (secondary N) is 2. The van der Waals surface area contributed by atoms with Crippen molar-refractivity contribution < 1.29 is 22.7 Å². The lowest BCUT2D eigenvalue weighted by molar-refractivity contribution is -0.0755. The molecule has 0 aromatic rings. The summed E-state index contributed by atoms with van der Waals surface area (Å²) in [6, 6.07) is -0.285. The predicted octanol–water partition coefficient (Wildman–Crippen LogP) is 2.13. The zero-order valence-corrected chi connectivity index (χ0v) is 20.9. The maximum Gasteiger partial charge on any atom is 0.412 e. The predicted molar refractivity (Wildman–Crippen MR) is 119 cm³/mol. The van der Waals surface area contributed by atoms with Gasteiger partial charge in [0.15, 0.2) is 15.8 Å². The van der Waals surface area contributed by atoms with E-state index in [0.29, 0.717) is 12.5 Å². The number of aliphatic imine (C=N–C) groups is 1. The fourth-order valence-electron chi connectivity index (χ4n) is 3.15. The second kappa shape index (κ2) is 9.30. The molecule has 30 heavy (non-hydrogen) atoms. The number of nitrogens with zero attached hydrogens (tertiary/aromatic N) is 2. The number of hydrogen-bond acceptors (Lipinski definition) is 6. The van der Waals surface area contributed by atoms with Crippen LogP contribution in [-0.4, -0.2) is 79.5 Å². The Bertz CT molecular complexity index is 735. The monoisotopic (exact) mass is 448 g/mol. The van der Waals surface area contributed by atoms with Crippen LogP contribution in [0.15, 0.2) is 4.99 Å². The number of guanidine groups is 1. The van der Waals surface area contributed by atoms with E-state index in [1.165, 1.54) is 0 Å². The summed E-state index contributed by atoms with van der Waals surface area (Å²) in [5.41, 5.74) is -1.43. The molecule has 10 heteroatoms. The van der Waals surface area contributed by atoms with Gasteiger partial charge in [0.1, 0.15) is 11.3 Å². The van der Waals surface area contributed by atoms with Gasteiger partial charge < -0.3 is 20.1 Å². The molecule has 2 atom stereocenters. The van der Waals surface area contributed by atoms with Gasteiger partial charge in [0, 0.05) is 20.1 Å². The molecule has 2 N–H and O–H groups in total. The van der Waals surface area contributed by atoms with Crippen molar-refractivity contribution in [2.75, 3.05) is 25.9 Å². The second-order valence-corrected chi connectivity index (χ2v) is 12.9. The second-order valence-electron chi connectivity index (χ2n) is 10.00. The largest absolute Gasteiger partial charge is 0.444 e. The maximum atomic E-state index is 12.8. The molecule has 176 valence electrons. The van der Waals surface area contributed by atoms with Gasteiger partial charge in [-0.15, -0.1) is 0 Å². The zero-order chi connectivity index (χ0) is 23.5. The summed E-state index contributed by atoms with van der Waals surface area (Å²) >= 11 is 0. The van der Waals surface area contributed by atoms with Crippen molar-refractivity contribution >= 4 is 21.9 Å². The summed E-state index contributed by atoms with van der Waals surface area (Å²) in [6.07, 6.45) is -0.665. The molecule has 1 amide bonds. The molecular formula is C20H40N4O5S. The van der Waals surface area contributed by atoms with Crippen LogP contribution in [0.3, 0.4) is 0 Å². The van der Waals surface area contributed by atoms with E-state index in [0.717, 1.165) is 0 Å². The Kier molecular flexibility index (Phi) is 8.21. The van der Waals surface area contributed by atoms with Crippen molar-refractivity contribution in [2.45, 2.75) is 90.5 Å². The first-order chi connectivity index (χ1) is 13.4. The van der Waals surface area contributed by atoms with Crippen LogP contribution in [0, 0.1) is 0 Å². The third kappa shape index (κ3) is 7.01. The van der Waals surface area contributed by atoms with Crippen molar-refractivity contribution in [2.24, 2.45) is 4.99 Å². The lowest BCUT2D eigenvalue weighted by atomic mass is 10.1. The Labute approximate surface area is 181 Å². The van der Waals surface area contributed by atoms with Crippen LogP contribution in [0.2, 0.25) is 0 Å². The van der Waals surface area contributed by atoms with Gasteiger partial charge in [-0.05, 0) is 62.3 Å². The topological polar surface area (TPSA) is 109 Å². The van der Waals surface area contributed by atoms with Crippen LogP contribution in [0.1, 0.15) is 62.3 Å². The Morgan fingerprint density at radius 1 is 1.17 bits per heavy atom. The third-order valence-electron chi connectivity index (χ3n) is 4.82. The van der Waals surface area contributed by atoms with E-state index in [4.69, 9.17) is 9.47 Å². The van der Waals surface area contributed by atoms with Gasteiger partial charge in [-0.1, -0.05) is 0 Å².